The second-order valence-electron chi connectivity index (χ2n) is 5.20. The maximum Gasteiger partial charge on any atom is 0.257 e. The SMILES string of the molecule is O=C(COc1ccccc1F)NCCSC1CCCCC1. The Kier molecular flexibility index (Phi) is 6.86. The number of rotatable bonds is 7. The van der Waals surface area contributed by atoms with Crippen LogP contribution in [0.1, 0.15) is 32.1 Å². The first-order valence-electron chi connectivity index (χ1n) is 7.51. The highest BCUT2D eigenvalue weighted by Gasteiger charge is 2.13. The van der Waals surface area contributed by atoms with E-state index in [0.717, 1.165) is 11.0 Å². The largest absolute Gasteiger partial charge is 0.481 e. The number of hydrogen-bond acceptors (Lipinski definition) is 3. The Morgan fingerprint density at radius 3 is 2.81 bits per heavy atom. The summed E-state index contributed by atoms with van der Waals surface area (Å²) in [5, 5.41) is 3.56. The molecule has 1 N–H and O–H groups in total. The van der Waals surface area contributed by atoms with Crippen LogP contribution in [0.5, 0.6) is 5.75 Å². The molecule has 1 saturated carbocycles. The van der Waals surface area contributed by atoms with E-state index in [-0.39, 0.29) is 18.3 Å². The predicted octanol–water partition coefficient (Wildman–Crippen LogP) is 3.39. The fraction of sp³-hybridized carbons (Fsp3) is 0.562. The maximum atomic E-state index is 13.3. The van der Waals surface area contributed by atoms with E-state index in [9.17, 15) is 9.18 Å². The first-order chi connectivity index (χ1) is 10.3. The average molecular weight is 311 g/mol. The van der Waals surface area contributed by atoms with E-state index < -0.39 is 5.82 Å². The van der Waals surface area contributed by atoms with Gasteiger partial charge in [0.15, 0.2) is 18.2 Å². The van der Waals surface area contributed by atoms with E-state index in [0.29, 0.717) is 6.54 Å². The second-order valence-corrected chi connectivity index (χ2v) is 6.61. The van der Waals surface area contributed by atoms with Gasteiger partial charge >= 0.3 is 0 Å². The van der Waals surface area contributed by atoms with Gasteiger partial charge in [0, 0.05) is 17.5 Å². The van der Waals surface area contributed by atoms with Crippen molar-refractivity contribution in [3.8, 4) is 5.75 Å². The molecule has 5 heteroatoms. The summed E-state index contributed by atoms with van der Waals surface area (Å²) in [6.45, 7) is 0.496. The van der Waals surface area contributed by atoms with Gasteiger partial charge in [-0.1, -0.05) is 31.4 Å². The summed E-state index contributed by atoms with van der Waals surface area (Å²) in [6.07, 6.45) is 6.63. The summed E-state index contributed by atoms with van der Waals surface area (Å²) < 4.78 is 18.4. The number of carbonyl (C=O) groups is 1. The number of halogens is 1. The normalized spacial score (nSPS) is 15.7. The van der Waals surface area contributed by atoms with E-state index in [1.807, 2.05) is 11.8 Å². The van der Waals surface area contributed by atoms with Crippen molar-refractivity contribution in [2.75, 3.05) is 18.9 Å². The van der Waals surface area contributed by atoms with E-state index in [1.54, 1.807) is 12.1 Å². The molecular weight excluding hydrogens is 289 g/mol. The molecule has 3 nitrogen and oxygen atoms in total. The summed E-state index contributed by atoms with van der Waals surface area (Å²) in [5.74, 6) is 0.390. The lowest BCUT2D eigenvalue weighted by atomic mass is 10.0. The van der Waals surface area contributed by atoms with Crippen molar-refractivity contribution in [2.45, 2.75) is 37.4 Å². The van der Waals surface area contributed by atoms with Crippen molar-refractivity contribution in [1.29, 1.82) is 0 Å². The molecule has 0 aromatic heterocycles. The van der Waals surface area contributed by atoms with E-state index in [4.69, 9.17) is 4.74 Å². The Morgan fingerprint density at radius 1 is 1.29 bits per heavy atom. The maximum absolute atomic E-state index is 13.3. The molecule has 1 aromatic rings. The number of amides is 1. The molecule has 1 aliphatic rings. The topological polar surface area (TPSA) is 38.3 Å². The van der Waals surface area contributed by atoms with Crippen molar-refractivity contribution in [2.24, 2.45) is 0 Å². The molecule has 0 radical (unpaired) electrons. The molecule has 0 unspecified atom stereocenters. The smallest absolute Gasteiger partial charge is 0.257 e. The van der Waals surface area contributed by atoms with Gasteiger partial charge < -0.3 is 10.1 Å². The monoisotopic (exact) mass is 311 g/mol. The zero-order valence-electron chi connectivity index (χ0n) is 12.1. The van der Waals surface area contributed by atoms with Crippen molar-refractivity contribution < 1.29 is 13.9 Å². The zero-order chi connectivity index (χ0) is 14.9. The molecular formula is C16H22FNO2S. The molecule has 1 aliphatic carbocycles. The van der Waals surface area contributed by atoms with Crippen LogP contribution in [0.15, 0.2) is 24.3 Å². The molecule has 2 rings (SSSR count). The highest BCUT2D eigenvalue weighted by atomic mass is 32.2. The molecule has 0 heterocycles. The van der Waals surface area contributed by atoms with Crippen molar-refractivity contribution >= 4 is 17.7 Å². The van der Waals surface area contributed by atoms with Crippen molar-refractivity contribution in [1.82, 2.24) is 5.32 Å². The van der Waals surface area contributed by atoms with Crippen LogP contribution < -0.4 is 10.1 Å². The Morgan fingerprint density at radius 2 is 2.05 bits per heavy atom. The van der Waals surface area contributed by atoms with Gasteiger partial charge in [-0.2, -0.15) is 11.8 Å². The van der Waals surface area contributed by atoms with Gasteiger partial charge in [0.25, 0.3) is 5.91 Å². The first kappa shape index (κ1) is 16.1. The zero-order valence-corrected chi connectivity index (χ0v) is 13.0. The van der Waals surface area contributed by atoms with E-state index in [2.05, 4.69) is 5.32 Å². The second kappa shape index (κ2) is 8.93. The average Bonchev–Trinajstić information content (AvgIpc) is 2.52. The molecule has 116 valence electrons. The molecule has 0 aliphatic heterocycles. The van der Waals surface area contributed by atoms with E-state index >= 15 is 0 Å². The minimum atomic E-state index is -0.446. The van der Waals surface area contributed by atoms with Crippen molar-refractivity contribution in [3.63, 3.8) is 0 Å². The molecule has 0 atom stereocenters. The number of carbonyl (C=O) groups excluding carboxylic acids is 1. The highest BCUT2D eigenvalue weighted by molar-refractivity contribution is 7.99. The van der Waals surface area contributed by atoms with Crippen LogP contribution in [0.3, 0.4) is 0 Å². The van der Waals surface area contributed by atoms with Gasteiger partial charge in [0.05, 0.1) is 0 Å². The number of thioether (sulfide) groups is 1. The molecule has 1 amide bonds. The summed E-state index contributed by atoms with van der Waals surface area (Å²) in [6, 6.07) is 6.09. The van der Waals surface area contributed by atoms with Gasteiger partial charge in [-0.15, -0.1) is 0 Å². The predicted molar refractivity (Wildman–Crippen MR) is 84.2 cm³/mol. The Labute approximate surface area is 129 Å². The lowest BCUT2D eigenvalue weighted by Crippen LogP contribution is -2.31. The Balaban J connectivity index is 1.56. The van der Waals surface area contributed by atoms with Crippen LogP contribution in [-0.2, 0) is 4.79 Å². The van der Waals surface area contributed by atoms with Crippen LogP contribution >= 0.6 is 11.8 Å². The third-order valence-electron chi connectivity index (χ3n) is 3.53. The van der Waals surface area contributed by atoms with Crippen LogP contribution in [0.4, 0.5) is 4.39 Å². The molecule has 0 spiro atoms. The number of hydrogen-bond donors (Lipinski definition) is 1. The summed E-state index contributed by atoms with van der Waals surface area (Å²) in [7, 11) is 0. The number of ether oxygens (including phenoxy) is 1. The minimum absolute atomic E-state index is 0.115. The van der Waals surface area contributed by atoms with Gasteiger partial charge in [-0.3, -0.25) is 4.79 Å². The van der Waals surface area contributed by atoms with E-state index in [1.165, 1.54) is 44.2 Å². The molecule has 0 saturated heterocycles. The highest BCUT2D eigenvalue weighted by Crippen LogP contribution is 2.27. The van der Waals surface area contributed by atoms with Gasteiger partial charge in [0.1, 0.15) is 0 Å². The lowest BCUT2D eigenvalue weighted by Gasteiger charge is -2.20. The quantitative estimate of drug-likeness (QED) is 0.785. The standard InChI is InChI=1S/C16H22FNO2S/c17-14-8-4-5-9-15(14)20-12-16(19)18-10-11-21-13-6-2-1-3-7-13/h4-5,8-9,13H,1-3,6-7,10-12H2,(H,18,19). The Bertz CT molecular complexity index is 450. The summed E-state index contributed by atoms with van der Waals surface area (Å²) in [5.41, 5.74) is 0. The minimum Gasteiger partial charge on any atom is -0.481 e. The third kappa shape index (κ3) is 5.96. The number of para-hydroxylation sites is 1. The first-order valence-corrected chi connectivity index (χ1v) is 8.56. The Hall–Kier alpha value is -1.23. The molecule has 0 bridgehead atoms. The number of nitrogens with one attached hydrogen (secondary N) is 1. The van der Waals surface area contributed by atoms with Gasteiger partial charge in [-0.05, 0) is 25.0 Å². The van der Waals surface area contributed by atoms with Crippen LogP contribution in [0.25, 0.3) is 0 Å². The summed E-state index contributed by atoms with van der Waals surface area (Å²) in [4.78, 5) is 11.6. The van der Waals surface area contributed by atoms with Crippen LogP contribution in [0.2, 0.25) is 0 Å². The number of benzene rings is 1. The molecule has 1 aromatic carbocycles. The van der Waals surface area contributed by atoms with Crippen LogP contribution in [0, 0.1) is 5.82 Å². The van der Waals surface area contributed by atoms with Crippen molar-refractivity contribution in [3.05, 3.63) is 30.1 Å². The molecule has 21 heavy (non-hydrogen) atoms. The van der Waals surface area contributed by atoms with Gasteiger partial charge in [0.2, 0.25) is 0 Å². The van der Waals surface area contributed by atoms with Gasteiger partial charge in [-0.25, -0.2) is 4.39 Å². The fourth-order valence-electron chi connectivity index (χ4n) is 2.40. The summed E-state index contributed by atoms with van der Waals surface area (Å²) >= 11 is 1.94. The third-order valence-corrected chi connectivity index (χ3v) is 4.91. The lowest BCUT2D eigenvalue weighted by molar-refractivity contribution is -0.123. The van der Waals surface area contributed by atoms with Crippen LogP contribution in [-0.4, -0.2) is 30.1 Å². The fourth-order valence-corrected chi connectivity index (χ4v) is 3.62. The molecule has 1 fully saturated rings.